The highest BCUT2D eigenvalue weighted by Gasteiger charge is 2.22. The first kappa shape index (κ1) is 15.9. The first-order chi connectivity index (χ1) is 11.6. The molecule has 0 saturated heterocycles. The number of benzene rings is 1. The molecule has 0 saturated carbocycles. The van der Waals surface area contributed by atoms with Crippen LogP contribution in [0.1, 0.15) is 36.1 Å². The Balaban J connectivity index is 1.84. The number of nitrogens with one attached hydrogen (secondary N) is 1. The first-order valence-corrected chi connectivity index (χ1v) is 7.79. The van der Waals surface area contributed by atoms with Crippen molar-refractivity contribution in [2.75, 3.05) is 0 Å². The van der Waals surface area contributed by atoms with Crippen LogP contribution in [0.15, 0.2) is 49.3 Å². The second-order valence-corrected chi connectivity index (χ2v) is 6.01. The molecule has 7 nitrogen and oxygen atoms in total. The number of hydrogen-bond acceptors (Lipinski definition) is 4. The van der Waals surface area contributed by atoms with Crippen molar-refractivity contribution < 1.29 is 4.79 Å². The third-order valence-corrected chi connectivity index (χ3v) is 3.92. The van der Waals surface area contributed by atoms with Gasteiger partial charge in [-0.05, 0) is 24.1 Å². The summed E-state index contributed by atoms with van der Waals surface area (Å²) in [6, 6.07) is 7.19. The Labute approximate surface area is 140 Å². The molecule has 24 heavy (non-hydrogen) atoms. The van der Waals surface area contributed by atoms with E-state index in [4.69, 9.17) is 0 Å². The molecule has 0 aliphatic heterocycles. The molecule has 0 radical (unpaired) electrons. The summed E-state index contributed by atoms with van der Waals surface area (Å²) in [4.78, 5) is 17.1. The Hall–Kier alpha value is -2.96. The fourth-order valence-electron chi connectivity index (χ4n) is 2.57. The van der Waals surface area contributed by atoms with E-state index in [0.717, 1.165) is 11.5 Å². The van der Waals surface area contributed by atoms with Gasteiger partial charge in [0.15, 0.2) is 0 Å². The number of hydrogen-bond donors (Lipinski definition) is 1. The predicted molar refractivity (Wildman–Crippen MR) is 89.6 cm³/mol. The summed E-state index contributed by atoms with van der Waals surface area (Å²) in [7, 11) is 1.93. The zero-order valence-corrected chi connectivity index (χ0v) is 13.9. The molecule has 0 unspecified atom stereocenters. The van der Waals surface area contributed by atoms with E-state index in [1.807, 2.05) is 36.0 Å². The van der Waals surface area contributed by atoms with Crippen LogP contribution >= 0.6 is 0 Å². The van der Waals surface area contributed by atoms with Gasteiger partial charge in [0.2, 0.25) is 0 Å². The summed E-state index contributed by atoms with van der Waals surface area (Å²) < 4.78 is 3.69. The molecule has 0 fully saturated rings. The van der Waals surface area contributed by atoms with Crippen molar-refractivity contribution in [3.63, 3.8) is 0 Å². The van der Waals surface area contributed by atoms with Gasteiger partial charge in [0.05, 0.1) is 6.04 Å². The van der Waals surface area contributed by atoms with Crippen molar-refractivity contribution in [2.45, 2.75) is 19.9 Å². The van der Waals surface area contributed by atoms with Crippen molar-refractivity contribution >= 4 is 5.91 Å². The molecular formula is C17H20N6O. The van der Waals surface area contributed by atoms with Gasteiger partial charge in [-0.15, -0.1) is 10.2 Å². The van der Waals surface area contributed by atoms with Crippen LogP contribution in [0.2, 0.25) is 0 Å². The number of rotatable bonds is 5. The minimum Gasteiger partial charge on any atom is -0.342 e. The Morgan fingerprint density at radius 3 is 2.58 bits per heavy atom. The smallest absolute Gasteiger partial charge is 0.251 e. The van der Waals surface area contributed by atoms with Gasteiger partial charge in [-0.2, -0.15) is 0 Å². The Morgan fingerprint density at radius 2 is 1.96 bits per heavy atom. The molecule has 1 amide bonds. The van der Waals surface area contributed by atoms with Gasteiger partial charge in [0, 0.05) is 30.7 Å². The molecule has 124 valence electrons. The van der Waals surface area contributed by atoms with E-state index in [1.165, 1.54) is 0 Å². The highest BCUT2D eigenvalue weighted by atomic mass is 16.1. The maximum absolute atomic E-state index is 12.7. The lowest BCUT2D eigenvalue weighted by Gasteiger charge is -2.22. The standard InChI is InChI=1S/C17H20N6O/c1-12(2)15(16-18-7-8-22(16)3)21-17(24)13-5-4-6-14(9-13)23-10-19-20-11-23/h4-12,15H,1-3H3,(H,21,24)/t15-/m0/s1. The molecule has 0 spiro atoms. The second-order valence-electron chi connectivity index (χ2n) is 6.01. The van der Waals surface area contributed by atoms with Crippen LogP contribution in [-0.2, 0) is 7.05 Å². The zero-order chi connectivity index (χ0) is 17.1. The molecule has 1 N–H and O–H groups in total. The van der Waals surface area contributed by atoms with Gasteiger partial charge >= 0.3 is 0 Å². The maximum Gasteiger partial charge on any atom is 0.251 e. The van der Waals surface area contributed by atoms with Crippen LogP contribution in [0.25, 0.3) is 5.69 Å². The molecule has 1 aromatic carbocycles. The van der Waals surface area contributed by atoms with Crippen molar-refractivity contribution in [1.82, 2.24) is 29.6 Å². The van der Waals surface area contributed by atoms with E-state index in [9.17, 15) is 4.79 Å². The lowest BCUT2D eigenvalue weighted by Crippen LogP contribution is -2.33. The Bertz CT molecular complexity index is 821. The van der Waals surface area contributed by atoms with E-state index in [0.29, 0.717) is 5.56 Å². The molecule has 2 heterocycles. The minimum absolute atomic E-state index is 0.133. The molecule has 0 aliphatic carbocycles. The van der Waals surface area contributed by atoms with Crippen molar-refractivity contribution in [2.24, 2.45) is 13.0 Å². The lowest BCUT2D eigenvalue weighted by molar-refractivity contribution is 0.0922. The number of amides is 1. The SMILES string of the molecule is CC(C)[C@H](NC(=O)c1cccc(-n2cnnc2)c1)c1nccn1C. The summed E-state index contributed by atoms with van der Waals surface area (Å²) >= 11 is 0. The first-order valence-electron chi connectivity index (χ1n) is 7.79. The molecule has 3 aromatic rings. The Kier molecular flexibility index (Phi) is 4.41. The number of imidazole rings is 1. The normalized spacial score (nSPS) is 12.3. The third-order valence-electron chi connectivity index (χ3n) is 3.92. The quantitative estimate of drug-likeness (QED) is 0.780. The zero-order valence-electron chi connectivity index (χ0n) is 13.9. The van der Waals surface area contributed by atoms with Gasteiger partial charge in [-0.1, -0.05) is 19.9 Å². The van der Waals surface area contributed by atoms with Crippen molar-refractivity contribution in [3.05, 3.63) is 60.7 Å². The summed E-state index contributed by atoms with van der Waals surface area (Å²) in [6.07, 6.45) is 6.82. The van der Waals surface area contributed by atoms with E-state index in [2.05, 4.69) is 34.3 Å². The number of aromatic nitrogens is 5. The Morgan fingerprint density at radius 1 is 1.21 bits per heavy atom. The summed E-state index contributed by atoms with van der Waals surface area (Å²) in [5, 5.41) is 10.7. The fraction of sp³-hybridized carbons (Fsp3) is 0.294. The van der Waals surface area contributed by atoms with Crippen LogP contribution in [0.4, 0.5) is 0 Å². The predicted octanol–water partition coefficient (Wildman–Crippen LogP) is 2.13. The van der Waals surface area contributed by atoms with Crippen LogP contribution in [0.3, 0.4) is 0 Å². The summed E-state index contributed by atoms with van der Waals surface area (Å²) in [5.41, 5.74) is 1.42. The topological polar surface area (TPSA) is 77.6 Å². The molecule has 7 heteroatoms. The monoisotopic (exact) mass is 324 g/mol. The van der Waals surface area contributed by atoms with Gasteiger partial charge in [-0.3, -0.25) is 9.36 Å². The van der Waals surface area contributed by atoms with E-state index in [-0.39, 0.29) is 17.9 Å². The highest BCUT2D eigenvalue weighted by Crippen LogP contribution is 2.20. The van der Waals surface area contributed by atoms with Crippen LogP contribution in [-0.4, -0.2) is 30.2 Å². The molecule has 1 atom stereocenters. The lowest BCUT2D eigenvalue weighted by atomic mass is 10.0. The second kappa shape index (κ2) is 6.66. The summed E-state index contributed by atoms with van der Waals surface area (Å²) in [5.74, 6) is 0.927. The number of carbonyl (C=O) groups is 1. The average Bonchev–Trinajstić information content (AvgIpc) is 3.24. The number of aryl methyl sites for hydroxylation is 1. The summed E-state index contributed by atoms with van der Waals surface area (Å²) in [6.45, 7) is 4.13. The molecular weight excluding hydrogens is 304 g/mol. The van der Waals surface area contributed by atoms with Gasteiger partial charge in [0.25, 0.3) is 5.91 Å². The average molecular weight is 324 g/mol. The van der Waals surface area contributed by atoms with Crippen LogP contribution in [0, 0.1) is 5.92 Å². The van der Waals surface area contributed by atoms with E-state index in [1.54, 1.807) is 29.5 Å². The maximum atomic E-state index is 12.7. The van der Waals surface area contributed by atoms with Gasteiger partial charge in [-0.25, -0.2) is 4.98 Å². The molecule has 0 bridgehead atoms. The van der Waals surface area contributed by atoms with Crippen LogP contribution in [0.5, 0.6) is 0 Å². The van der Waals surface area contributed by atoms with Gasteiger partial charge in [0.1, 0.15) is 18.5 Å². The van der Waals surface area contributed by atoms with Crippen molar-refractivity contribution in [1.29, 1.82) is 0 Å². The largest absolute Gasteiger partial charge is 0.342 e. The van der Waals surface area contributed by atoms with Crippen LogP contribution < -0.4 is 5.32 Å². The molecule has 0 aliphatic rings. The van der Waals surface area contributed by atoms with E-state index < -0.39 is 0 Å². The highest BCUT2D eigenvalue weighted by molar-refractivity contribution is 5.95. The molecule has 2 aromatic heterocycles. The van der Waals surface area contributed by atoms with E-state index >= 15 is 0 Å². The molecule has 3 rings (SSSR count). The fourth-order valence-corrected chi connectivity index (χ4v) is 2.57. The van der Waals surface area contributed by atoms with Crippen molar-refractivity contribution in [3.8, 4) is 5.69 Å². The van der Waals surface area contributed by atoms with Gasteiger partial charge < -0.3 is 9.88 Å². The number of nitrogens with zero attached hydrogens (tertiary/aromatic N) is 5. The number of carbonyl (C=O) groups excluding carboxylic acids is 1. The minimum atomic E-state index is -0.156. The third kappa shape index (κ3) is 3.19.